The summed E-state index contributed by atoms with van der Waals surface area (Å²) in [7, 11) is 0. The Kier molecular flexibility index (Phi) is 1.75. The molecule has 0 saturated heterocycles. The summed E-state index contributed by atoms with van der Waals surface area (Å²) < 4.78 is 0. The fourth-order valence-corrected chi connectivity index (χ4v) is 1.17. The van der Waals surface area contributed by atoms with Gasteiger partial charge in [-0.05, 0) is 30.4 Å². The lowest BCUT2D eigenvalue weighted by atomic mass is 10.1. The Bertz CT molecular complexity index is 252. The minimum Gasteiger partial charge on any atom is -0.383 e. The van der Waals surface area contributed by atoms with Gasteiger partial charge in [0.25, 0.3) is 0 Å². The summed E-state index contributed by atoms with van der Waals surface area (Å²) in [5.74, 6) is 0. The van der Waals surface area contributed by atoms with Gasteiger partial charge in [0.05, 0.1) is 5.69 Å². The predicted molar refractivity (Wildman–Crippen MR) is 50.1 cm³/mol. The molecule has 0 amide bonds. The van der Waals surface area contributed by atoms with Crippen molar-refractivity contribution in [1.82, 2.24) is 4.98 Å². The third-order valence-electron chi connectivity index (χ3n) is 2.48. The summed E-state index contributed by atoms with van der Waals surface area (Å²) in [5, 5.41) is 3.38. The minimum absolute atomic E-state index is 0.565. The molecular formula is C10H14N2. The van der Waals surface area contributed by atoms with Gasteiger partial charge in [0.1, 0.15) is 0 Å². The summed E-state index contributed by atoms with van der Waals surface area (Å²) >= 11 is 0. The second-order valence-corrected chi connectivity index (χ2v) is 3.91. The van der Waals surface area contributed by atoms with Crippen LogP contribution in [0.15, 0.2) is 24.5 Å². The molecule has 1 aromatic heterocycles. The van der Waals surface area contributed by atoms with Gasteiger partial charge >= 0.3 is 0 Å². The smallest absolute Gasteiger partial charge is 0.0526 e. The molecule has 1 heterocycles. The number of pyridine rings is 1. The number of anilines is 1. The van der Waals surface area contributed by atoms with Crippen molar-refractivity contribution in [1.29, 1.82) is 0 Å². The topological polar surface area (TPSA) is 24.9 Å². The van der Waals surface area contributed by atoms with E-state index in [9.17, 15) is 0 Å². The fourth-order valence-electron chi connectivity index (χ4n) is 1.17. The van der Waals surface area contributed by atoms with E-state index < -0.39 is 0 Å². The third-order valence-corrected chi connectivity index (χ3v) is 2.48. The van der Waals surface area contributed by atoms with E-state index >= 15 is 0 Å². The van der Waals surface area contributed by atoms with Gasteiger partial charge in [-0.25, -0.2) is 0 Å². The lowest BCUT2D eigenvalue weighted by molar-refractivity contribution is 0.610. The van der Waals surface area contributed by atoms with E-state index in [1.165, 1.54) is 12.8 Å². The number of hydrogen-bond donors (Lipinski definition) is 1. The minimum atomic E-state index is 0.565. The predicted octanol–water partition coefficient (Wildman–Crippen LogP) is 2.29. The zero-order valence-electron chi connectivity index (χ0n) is 7.38. The van der Waals surface area contributed by atoms with Crippen LogP contribution in [-0.2, 0) is 0 Å². The molecule has 1 N–H and O–H groups in total. The van der Waals surface area contributed by atoms with Crippen LogP contribution in [0.3, 0.4) is 0 Å². The summed E-state index contributed by atoms with van der Waals surface area (Å²) in [6, 6.07) is 4.01. The van der Waals surface area contributed by atoms with Crippen LogP contribution in [-0.4, -0.2) is 11.5 Å². The lowest BCUT2D eigenvalue weighted by Gasteiger charge is -2.10. The van der Waals surface area contributed by atoms with Crippen LogP contribution < -0.4 is 5.32 Å². The molecule has 0 atom stereocenters. The van der Waals surface area contributed by atoms with Gasteiger partial charge < -0.3 is 5.32 Å². The van der Waals surface area contributed by atoms with E-state index in [4.69, 9.17) is 0 Å². The van der Waals surface area contributed by atoms with Crippen molar-refractivity contribution >= 4 is 5.69 Å². The Morgan fingerprint density at radius 2 is 2.42 bits per heavy atom. The molecule has 64 valence electrons. The molecule has 0 radical (unpaired) electrons. The summed E-state index contributed by atoms with van der Waals surface area (Å²) in [6.07, 6.45) is 6.39. The van der Waals surface area contributed by atoms with Gasteiger partial charge in [-0.2, -0.15) is 0 Å². The van der Waals surface area contributed by atoms with Crippen molar-refractivity contribution in [2.24, 2.45) is 5.41 Å². The van der Waals surface area contributed by atoms with Crippen LogP contribution in [0, 0.1) is 5.41 Å². The zero-order valence-corrected chi connectivity index (χ0v) is 7.38. The van der Waals surface area contributed by atoms with Crippen molar-refractivity contribution in [2.45, 2.75) is 19.8 Å². The maximum absolute atomic E-state index is 4.04. The van der Waals surface area contributed by atoms with E-state index in [0.29, 0.717) is 5.41 Å². The monoisotopic (exact) mass is 162 g/mol. The molecule has 1 saturated carbocycles. The number of nitrogens with one attached hydrogen (secondary N) is 1. The first-order valence-corrected chi connectivity index (χ1v) is 4.42. The highest BCUT2D eigenvalue weighted by molar-refractivity contribution is 5.40. The highest BCUT2D eigenvalue weighted by Gasteiger charge is 2.36. The van der Waals surface area contributed by atoms with Gasteiger partial charge in [-0.1, -0.05) is 6.92 Å². The van der Waals surface area contributed by atoms with E-state index in [-0.39, 0.29) is 0 Å². The summed E-state index contributed by atoms with van der Waals surface area (Å²) in [5.41, 5.74) is 1.70. The van der Waals surface area contributed by atoms with Crippen LogP contribution in [0.25, 0.3) is 0 Å². The molecule has 12 heavy (non-hydrogen) atoms. The van der Waals surface area contributed by atoms with E-state index in [1.54, 1.807) is 6.20 Å². The fraction of sp³-hybridized carbons (Fsp3) is 0.500. The maximum atomic E-state index is 4.04. The maximum Gasteiger partial charge on any atom is 0.0526 e. The van der Waals surface area contributed by atoms with Crippen LogP contribution in [0.1, 0.15) is 19.8 Å². The Hall–Kier alpha value is -1.05. The van der Waals surface area contributed by atoms with Gasteiger partial charge in [0.15, 0.2) is 0 Å². The molecule has 1 aliphatic rings. The average Bonchev–Trinajstić information content (AvgIpc) is 2.84. The number of nitrogens with zero attached hydrogens (tertiary/aromatic N) is 1. The van der Waals surface area contributed by atoms with E-state index in [0.717, 1.165) is 12.2 Å². The Labute approximate surface area is 73.0 Å². The zero-order chi connectivity index (χ0) is 8.44. The van der Waals surface area contributed by atoms with Crippen molar-refractivity contribution in [3.8, 4) is 0 Å². The molecule has 1 fully saturated rings. The van der Waals surface area contributed by atoms with Crippen LogP contribution in [0.4, 0.5) is 5.69 Å². The molecule has 0 unspecified atom stereocenters. The lowest BCUT2D eigenvalue weighted by Crippen LogP contribution is -2.11. The molecule has 0 aliphatic heterocycles. The van der Waals surface area contributed by atoms with Crippen molar-refractivity contribution in [3.05, 3.63) is 24.5 Å². The molecule has 2 nitrogen and oxygen atoms in total. The number of rotatable bonds is 3. The Balaban J connectivity index is 1.88. The first-order chi connectivity index (χ1) is 5.79. The van der Waals surface area contributed by atoms with Crippen molar-refractivity contribution < 1.29 is 0 Å². The molecule has 1 aliphatic carbocycles. The van der Waals surface area contributed by atoms with Gasteiger partial charge in [0, 0.05) is 18.9 Å². The normalized spacial score (nSPS) is 18.8. The van der Waals surface area contributed by atoms with Crippen LogP contribution in [0.5, 0.6) is 0 Å². The van der Waals surface area contributed by atoms with Crippen LogP contribution >= 0.6 is 0 Å². The van der Waals surface area contributed by atoms with Gasteiger partial charge in [-0.3, -0.25) is 4.98 Å². The molecular weight excluding hydrogens is 148 g/mol. The first kappa shape index (κ1) is 7.59. The largest absolute Gasteiger partial charge is 0.383 e. The van der Waals surface area contributed by atoms with Gasteiger partial charge in [0.2, 0.25) is 0 Å². The Morgan fingerprint density at radius 3 is 3.00 bits per heavy atom. The Morgan fingerprint density at radius 1 is 1.58 bits per heavy atom. The number of aromatic nitrogens is 1. The second-order valence-electron chi connectivity index (χ2n) is 3.91. The van der Waals surface area contributed by atoms with Crippen molar-refractivity contribution in [2.75, 3.05) is 11.9 Å². The highest BCUT2D eigenvalue weighted by atomic mass is 14.9. The average molecular weight is 162 g/mol. The third kappa shape index (κ3) is 1.76. The first-order valence-electron chi connectivity index (χ1n) is 4.42. The molecule has 2 heteroatoms. The number of hydrogen-bond acceptors (Lipinski definition) is 2. The summed E-state index contributed by atoms with van der Waals surface area (Å²) in [4.78, 5) is 4.04. The molecule has 2 rings (SSSR count). The van der Waals surface area contributed by atoms with Crippen LogP contribution in [0.2, 0.25) is 0 Å². The summed E-state index contributed by atoms with van der Waals surface area (Å²) in [6.45, 7) is 3.40. The molecule has 0 bridgehead atoms. The van der Waals surface area contributed by atoms with E-state index in [1.807, 2.05) is 12.3 Å². The van der Waals surface area contributed by atoms with Crippen molar-refractivity contribution in [3.63, 3.8) is 0 Å². The van der Waals surface area contributed by atoms with E-state index in [2.05, 4.69) is 23.3 Å². The molecule has 1 aromatic rings. The van der Waals surface area contributed by atoms with Gasteiger partial charge in [-0.15, -0.1) is 0 Å². The molecule has 0 spiro atoms. The second kappa shape index (κ2) is 2.77. The standard InChI is InChI=1S/C10H14N2/c1-10(4-5-10)8-12-9-3-2-6-11-7-9/h2-3,6-7,12H,4-5,8H2,1H3. The molecule has 0 aromatic carbocycles. The highest BCUT2D eigenvalue weighted by Crippen LogP contribution is 2.44. The quantitative estimate of drug-likeness (QED) is 0.737. The SMILES string of the molecule is CC1(CNc2cccnc2)CC1.